The molecule has 8 heteroatoms. The van der Waals surface area contributed by atoms with Gasteiger partial charge in [0.2, 0.25) is 0 Å². The SMILES string of the molecule is CCN(CC)CCNC(=O)c1cn2ncc(C#N)c(Nc3ccc(Oc4ccccc4)cc3)c2c1C. The van der Waals surface area contributed by atoms with E-state index in [9.17, 15) is 10.1 Å². The number of hydrogen-bond acceptors (Lipinski definition) is 6. The molecule has 0 aliphatic carbocycles. The largest absolute Gasteiger partial charge is 0.457 e. The number of amides is 1. The first-order valence-corrected chi connectivity index (χ1v) is 12.1. The van der Waals surface area contributed by atoms with Crippen molar-refractivity contribution in [2.45, 2.75) is 20.8 Å². The van der Waals surface area contributed by atoms with Gasteiger partial charge >= 0.3 is 0 Å². The van der Waals surface area contributed by atoms with E-state index in [0.717, 1.165) is 36.6 Å². The maximum Gasteiger partial charge on any atom is 0.253 e. The Morgan fingerprint density at radius 2 is 1.78 bits per heavy atom. The molecule has 4 rings (SSSR count). The van der Waals surface area contributed by atoms with Crippen LogP contribution in [0.1, 0.15) is 35.3 Å². The lowest BCUT2D eigenvalue weighted by atomic mass is 10.1. The average Bonchev–Trinajstić information content (AvgIpc) is 3.25. The lowest BCUT2D eigenvalue weighted by molar-refractivity contribution is 0.0948. The number of likely N-dealkylation sites (N-methyl/N-ethyl adjacent to an activating group) is 1. The van der Waals surface area contributed by atoms with Crippen molar-refractivity contribution in [1.82, 2.24) is 19.8 Å². The van der Waals surface area contributed by atoms with Gasteiger partial charge in [-0.15, -0.1) is 0 Å². The van der Waals surface area contributed by atoms with Crippen molar-refractivity contribution >= 4 is 22.8 Å². The molecule has 0 atom stereocenters. The fourth-order valence-corrected chi connectivity index (χ4v) is 4.07. The number of rotatable bonds is 10. The molecule has 0 spiro atoms. The maximum atomic E-state index is 12.9. The van der Waals surface area contributed by atoms with E-state index < -0.39 is 0 Å². The number of aryl methyl sites for hydroxylation is 1. The van der Waals surface area contributed by atoms with Crippen LogP contribution in [0.3, 0.4) is 0 Å². The quantitative estimate of drug-likeness (QED) is 0.326. The minimum Gasteiger partial charge on any atom is -0.457 e. The fraction of sp³-hybridized carbons (Fsp3) is 0.250. The number of anilines is 2. The summed E-state index contributed by atoms with van der Waals surface area (Å²) in [7, 11) is 0. The third-order valence-corrected chi connectivity index (χ3v) is 6.13. The molecule has 0 bridgehead atoms. The fourth-order valence-electron chi connectivity index (χ4n) is 4.07. The molecule has 2 aromatic heterocycles. The summed E-state index contributed by atoms with van der Waals surface area (Å²) in [5, 5.41) is 20.5. The van der Waals surface area contributed by atoms with Crippen LogP contribution in [0.25, 0.3) is 5.52 Å². The molecule has 0 radical (unpaired) electrons. The Morgan fingerprint density at radius 3 is 2.44 bits per heavy atom. The Balaban J connectivity index is 1.56. The number of nitriles is 1. The molecule has 0 unspecified atom stereocenters. The highest BCUT2D eigenvalue weighted by Crippen LogP contribution is 2.31. The summed E-state index contributed by atoms with van der Waals surface area (Å²) in [5.74, 6) is 1.30. The lowest BCUT2D eigenvalue weighted by Gasteiger charge is -2.17. The van der Waals surface area contributed by atoms with Crippen LogP contribution in [0, 0.1) is 18.3 Å². The maximum absolute atomic E-state index is 12.9. The molecule has 4 aromatic rings. The van der Waals surface area contributed by atoms with Gasteiger partial charge in [0.15, 0.2) is 0 Å². The molecule has 0 fully saturated rings. The van der Waals surface area contributed by atoms with Crippen LogP contribution in [-0.4, -0.2) is 46.6 Å². The molecule has 0 saturated heterocycles. The number of aromatic nitrogens is 2. The van der Waals surface area contributed by atoms with Crippen molar-refractivity contribution in [3.8, 4) is 17.6 Å². The normalized spacial score (nSPS) is 10.9. The predicted octanol–water partition coefficient (Wildman–Crippen LogP) is 5.12. The smallest absolute Gasteiger partial charge is 0.253 e. The van der Waals surface area contributed by atoms with E-state index in [1.165, 1.54) is 6.20 Å². The second-order valence-corrected chi connectivity index (χ2v) is 8.35. The number of nitrogens with one attached hydrogen (secondary N) is 2. The van der Waals surface area contributed by atoms with Gasteiger partial charge < -0.3 is 20.3 Å². The summed E-state index contributed by atoms with van der Waals surface area (Å²) >= 11 is 0. The molecule has 2 heterocycles. The van der Waals surface area contributed by atoms with Gasteiger partial charge in [0, 0.05) is 25.0 Å². The number of benzene rings is 2. The Hall–Kier alpha value is -4.35. The number of carbonyl (C=O) groups excluding carboxylic acids is 1. The van der Waals surface area contributed by atoms with Gasteiger partial charge in [-0.25, -0.2) is 4.52 Å². The highest BCUT2D eigenvalue weighted by molar-refractivity contribution is 6.00. The van der Waals surface area contributed by atoms with Crippen LogP contribution in [0.15, 0.2) is 67.0 Å². The first-order valence-electron chi connectivity index (χ1n) is 12.1. The minimum atomic E-state index is -0.156. The zero-order valence-corrected chi connectivity index (χ0v) is 20.8. The second-order valence-electron chi connectivity index (χ2n) is 8.35. The van der Waals surface area contributed by atoms with Crippen LogP contribution in [0.2, 0.25) is 0 Å². The van der Waals surface area contributed by atoms with Gasteiger partial charge in [0.25, 0.3) is 5.91 Å². The van der Waals surface area contributed by atoms with Crippen molar-refractivity contribution < 1.29 is 9.53 Å². The zero-order valence-electron chi connectivity index (χ0n) is 20.8. The summed E-state index contributed by atoms with van der Waals surface area (Å²) in [4.78, 5) is 15.2. The molecule has 2 N–H and O–H groups in total. The molecule has 0 aliphatic heterocycles. The van der Waals surface area contributed by atoms with Gasteiger partial charge in [-0.3, -0.25) is 4.79 Å². The molecule has 0 saturated carbocycles. The Labute approximate surface area is 211 Å². The second kappa shape index (κ2) is 11.4. The summed E-state index contributed by atoms with van der Waals surface area (Å²) in [5.41, 5.74) is 3.75. The van der Waals surface area contributed by atoms with E-state index in [4.69, 9.17) is 4.74 Å². The van der Waals surface area contributed by atoms with Crippen molar-refractivity contribution in [3.05, 3.63) is 83.7 Å². The van der Waals surface area contributed by atoms with E-state index in [-0.39, 0.29) is 5.91 Å². The van der Waals surface area contributed by atoms with Crippen molar-refractivity contribution in [1.29, 1.82) is 5.26 Å². The van der Waals surface area contributed by atoms with E-state index >= 15 is 0 Å². The molecule has 8 nitrogen and oxygen atoms in total. The number of ether oxygens (including phenoxy) is 1. The molecular formula is C28H30N6O2. The summed E-state index contributed by atoms with van der Waals surface area (Å²) in [6.45, 7) is 9.32. The number of nitrogens with zero attached hydrogens (tertiary/aromatic N) is 4. The number of para-hydroxylation sites is 1. The number of carbonyl (C=O) groups is 1. The van der Waals surface area contributed by atoms with Gasteiger partial charge in [-0.2, -0.15) is 10.4 Å². The Kier molecular flexibility index (Phi) is 7.83. The average molecular weight is 483 g/mol. The zero-order chi connectivity index (χ0) is 25.5. The van der Waals surface area contributed by atoms with Crippen molar-refractivity contribution in [2.75, 3.05) is 31.5 Å². The standard InChI is InChI=1S/C28H30N6O2/c1-4-33(5-2)16-15-30-28(35)25-19-34-27(20(25)3)26(21(17-29)18-31-34)32-22-11-13-24(14-12-22)36-23-9-7-6-8-10-23/h6-14,18-19,32H,4-5,15-16H2,1-3H3,(H,30,35). The first kappa shape index (κ1) is 24.8. The van der Waals surface area contributed by atoms with Crippen LogP contribution >= 0.6 is 0 Å². The topological polar surface area (TPSA) is 94.7 Å². The van der Waals surface area contributed by atoms with E-state index in [2.05, 4.69) is 40.5 Å². The van der Waals surface area contributed by atoms with E-state index in [0.29, 0.717) is 34.6 Å². The van der Waals surface area contributed by atoms with E-state index in [1.54, 1.807) is 10.7 Å². The molecule has 184 valence electrons. The van der Waals surface area contributed by atoms with Gasteiger partial charge in [-0.1, -0.05) is 32.0 Å². The Morgan fingerprint density at radius 1 is 1.08 bits per heavy atom. The highest BCUT2D eigenvalue weighted by atomic mass is 16.5. The molecule has 2 aromatic carbocycles. The number of fused-ring (bicyclic) bond motifs is 1. The third kappa shape index (κ3) is 5.48. The van der Waals surface area contributed by atoms with Crippen molar-refractivity contribution in [2.24, 2.45) is 0 Å². The molecule has 1 amide bonds. The summed E-state index contributed by atoms with van der Waals surface area (Å²) < 4.78 is 7.51. The number of hydrogen-bond donors (Lipinski definition) is 2. The third-order valence-electron chi connectivity index (χ3n) is 6.13. The van der Waals surface area contributed by atoms with E-state index in [1.807, 2.05) is 61.5 Å². The summed E-state index contributed by atoms with van der Waals surface area (Å²) in [6, 6.07) is 19.3. The van der Waals surface area contributed by atoms with Gasteiger partial charge in [0.05, 0.1) is 28.5 Å². The van der Waals surface area contributed by atoms with Crippen LogP contribution in [-0.2, 0) is 0 Å². The van der Waals surface area contributed by atoms with Crippen LogP contribution in [0.5, 0.6) is 11.5 Å². The Bertz CT molecular complexity index is 1370. The lowest BCUT2D eigenvalue weighted by Crippen LogP contribution is -2.34. The monoisotopic (exact) mass is 482 g/mol. The van der Waals surface area contributed by atoms with Gasteiger partial charge in [-0.05, 0) is 62.0 Å². The molecule has 0 aliphatic rings. The van der Waals surface area contributed by atoms with Crippen molar-refractivity contribution in [3.63, 3.8) is 0 Å². The minimum absolute atomic E-state index is 0.156. The first-order chi connectivity index (χ1) is 17.5. The molecule has 36 heavy (non-hydrogen) atoms. The predicted molar refractivity (Wildman–Crippen MR) is 141 cm³/mol. The van der Waals surface area contributed by atoms with Gasteiger partial charge in [0.1, 0.15) is 17.6 Å². The van der Waals surface area contributed by atoms with Crippen LogP contribution in [0.4, 0.5) is 11.4 Å². The molecular weight excluding hydrogens is 452 g/mol. The van der Waals surface area contributed by atoms with Crippen LogP contribution < -0.4 is 15.4 Å². The highest BCUT2D eigenvalue weighted by Gasteiger charge is 2.19. The summed E-state index contributed by atoms with van der Waals surface area (Å²) in [6.07, 6.45) is 3.21.